The minimum atomic E-state index is -0.294. The molecular formula is C21H23N3O4. The Labute approximate surface area is 163 Å². The number of carbonyl (C=O) groups is 1. The zero-order valence-corrected chi connectivity index (χ0v) is 16.4. The van der Waals surface area contributed by atoms with Gasteiger partial charge in [-0.2, -0.15) is 0 Å². The Kier molecular flexibility index (Phi) is 5.93. The summed E-state index contributed by atoms with van der Waals surface area (Å²) in [5.74, 6) is 2.00. The molecule has 0 radical (unpaired) electrons. The van der Waals surface area contributed by atoms with Gasteiger partial charge in [0.05, 0.1) is 38.3 Å². The fourth-order valence-corrected chi connectivity index (χ4v) is 2.76. The minimum absolute atomic E-state index is 0.258. The molecule has 0 fully saturated rings. The lowest BCUT2D eigenvalue weighted by molar-refractivity contribution is 0.0921. The van der Waals surface area contributed by atoms with Crippen LogP contribution in [0, 0.1) is 13.8 Å². The van der Waals surface area contributed by atoms with Crippen LogP contribution in [-0.4, -0.2) is 30.1 Å². The number of aromatic nitrogens is 2. The van der Waals surface area contributed by atoms with Gasteiger partial charge in [-0.05, 0) is 49.2 Å². The number of amides is 1. The third-order valence-corrected chi connectivity index (χ3v) is 4.36. The van der Waals surface area contributed by atoms with Crippen LogP contribution in [0.25, 0.3) is 0 Å². The Hall–Kier alpha value is -3.35. The highest BCUT2D eigenvalue weighted by Gasteiger charge is 2.14. The van der Waals surface area contributed by atoms with Crippen molar-refractivity contribution in [2.24, 2.45) is 0 Å². The van der Waals surface area contributed by atoms with Crippen molar-refractivity contribution in [1.82, 2.24) is 15.3 Å². The summed E-state index contributed by atoms with van der Waals surface area (Å²) in [6.45, 7) is 4.15. The molecule has 28 heavy (non-hydrogen) atoms. The number of hydrogen-bond donors (Lipinski definition) is 1. The second kappa shape index (κ2) is 8.56. The van der Waals surface area contributed by atoms with Crippen molar-refractivity contribution < 1.29 is 18.7 Å². The Morgan fingerprint density at radius 3 is 2.50 bits per heavy atom. The second-order valence-electron chi connectivity index (χ2n) is 6.41. The summed E-state index contributed by atoms with van der Waals surface area (Å²) in [5.41, 5.74) is 3.61. The molecule has 0 aliphatic heterocycles. The van der Waals surface area contributed by atoms with Gasteiger partial charge in [0.15, 0.2) is 17.3 Å². The fourth-order valence-electron chi connectivity index (χ4n) is 2.76. The third-order valence-electron chi connectivity index (χ3n) is 4.36. The molecule has 0 bridgehead atoms. The van der Waals surface area contributed by atoms with Crippen molar-refractivity contribution in [3.05, 3.63) is 70.7 Å². The number of hydrogen-bond acceptors (Lipinski definition) is 6. The van der Waals surface area contributed by atoms with Crippen molar-refractivity contribution in [2.45, 2.75) is 26.8 Å². The van der Waals surface area contributed by atoms with Crippen molar-refractivity contribution in [1.29, 1.82) is 0 Å². The normalized spacial score (nSPS) is 10.6. The standard InChI is InChI=1S/C21H23N3O4/c1-13-7-19(26-3)20(27-4)9-15(13)8-17-5-6-18(28-17)21(25)24-12-16-11-22-14(2)10-23-16/h5-7,9-11H,8,12H2,1-4H3,(H,24,25). The molecule has 1 amide bonds. The van der Waals surface area contributed by atoms with Gasteiger partial charge in [-0.25, -0.2) is 0 Å². The highest BCUT2D eigenvalue weighted by Crippen LogP contribution is 2.31. The molecule has 0 atom stereocenters. The molecule has 7 heteroatoms. The molecule has 7 nitrogen and oxygen atoms in total. The van der Waals surface area contributed by atoms with Crippen molar-refractivity contribution in [3.63, 3.8) is 0 Å². The maximum Gasteiger partial charge on any atom is 0.287 e. The summed E-state index contributed by atoms with van der Waals surface area (Å²) in [4.78, 5) is 20.7. The largest absolute Gasteiger partial charge is 0.493 e. The highest BCUT2D eigenvalue weighted by atomic mass is 16.5. The van der Waals surface area contributed by atoms with Crippen molar-refractivity contribution >= 4 is 5.91 Å². The lowest BCUT2D eigenvalue weighted by atomic mass is 10.0. The van der Waals surface area contributed by atoms with Crippen LogP contribution in [0.15, 0.2) is 41.1 Å². The molecule has 1 N–H and O–H groups in total. The van der Waals surface area contributed by atoms with Gasteiger partial charge in [0.2, 0.25) is 0 Å². The number of carbonyl (C=O) groups excluding carboxylic acids is 1. The predicted octanol–water partition coefficient (Wildman–Crippen LogP) is 3.22. The molecule has 0 saturated carbocycles. The van der Waals surface area contributed by atoms with Crippen LogP contribution in [0.3, 0.4) is 0 Å². The first-order valence-corrected chi connectivity index (χ1v) is 8.86. The van der Waals surface area contributed by atoms with Crippen LogP contribution in [0.2, 0.25) is 0 Å². The molecule has 146 valence electrons. The van der Waals surface area contributed by atoms with E-state index in [-0.39, 0.29) is 18.2 Å². The van der Waals surface area contributed by atoms with Gasteiger partial charge in [0.1, 0.15) is 5.76 Å². The number of methoxy groups -OCH3 is 2. The smallest absolute Gasteiger partial charge is 0.287 e. The summed E-state index contributed by atoms with van der Waals surface area (Å²) >= 11 is 0. The number of rotatable bonds is 7. The van der Waals surface area contributed by atoms with Gasteiger partial charge in [-0.3, -0.25) is 14.8 Å². The molecule has 0 aliphatic carbocycles. The molecule has 0 saturated heterocycles. The number of ether oxygens (including phenoxy) is 2. The number of nitrogens with zero attached hydrogens (tertiary/aromatic N) is 2. The number of nitrogens with one attached hydrogen (secondary N) is 1. The summed E-state index contributed by atoms with van der Waals surface area (Å²) in [7, 11) is 3.21. The van der Waals surface area contributed by atoms with Gasteiger partial charge in [-0.1, -0.05) is 0 Å². The van der Waals surface area contributed by atoms with E-state index in [4.69, 9.17) is 13.9 Å². The van der Waals surface area contributed by atoms with Crippen LogP contribution >= 0.6 is 0 Å². The molecule has 0 aliphatic rings. The predicted molar refractivity (Wildman–Crippen MR) is 104 cm³/mol. The highest BCUT2D eigenvalue weighted by molar-refractivity contribution is 5.91. The molecule has 2 aromatic heterocycles. The average molecular weight is 381 g/mol. The van der Waals surface area contributed by atoms with Crippen LogP contribution in [0.5, 0.6) is 11.5 Å². The van der Waals surface area contributed by atoms with E-state index in [1.807, 2.05) is 26.0 Å². The minimum Gasteiger partial charge on any atom is -0.493 e. The zero-order chi connectivity index (χ0) is 20.1. The van der Waals surface area contributed by atoms with Crippen molar-refractivity contribution in [2.75, 3.05) is 14.2 Å². The molecule has 1 aromatic carbocycles. The summed E-state index contributed by atoms with van der Waals surface area (Å²) in [5, 5.41) is 2.78. The average Bonchev–Trinajstić information content (AvgIpc) is 3.17. The quantitative estimate of drug-likeness (QED) is 0.676. The summed E-state index contributed by atoms with van der Waals surface area (Å²) in [6.07, 6.45) is 3.85. The Balaban J connectivity index is 1.66. The Morgan fingerprint density at radius 1 is 1.07 bits per heavy atom. The number of furan rings is 1. The monoisotopic (exact) mass is 381 g/mol. The summed E-state index contributed by atoms with van der Waals surface area (Å²) < 4.78 is 16.4. The van der Waals surface area contributed by atoms with Gasteiger partial charge in [0.25, 0.3) is 5.91 Å². The van der Waals surface area contributed by atoms with Crippen LogP contribution in [0.4, 0.5) is 0 Å². The second-order valence-corrected chi connectivity index (χ2v) is 6.41. The number of benzene rings is 1. The van der Waals surface area contributed by atoms with E-state index in [1.54, 1.807) is 38.7 Å². The first-order valence-electron chi connectivity index (χ1n) is 8.86. The topological polar surface area (TPSA) is 86.5 Å². The molecular weight excluding hydrogens is 358 g/mol. The van der Waals surface area contributed by atoms with Gasteiger partial charge in [-0.15, -0.1) is 0 Å². The van der Waals surface area contributed by atoms with E-state index in [2.05, 4.69) is 15.3 Å². The lowest BCUT2D eigenvalue weighted by Crippen LogP contribution is -2.22. The zero-order valence-electron chi connectivity index (χ0n) is 16.4. The van der Waals surface area contributed by atoms with E-state index < -0.39 is 0 Å². The first kappa shape index (κ1) is 19.4. The molecule has 0 unspecified atom stereocenters. The molecule has 3 rings (SSSR count). The molecule has 2 heterocycles. The SMILES string of the molecule is COc1cc(C)c(Cc2ccc(C(=O)NCc3cnc(C)cn3)o2)cc1OC. The van der Waals surface area contributed by atoms with Gasteiger partial charge >= 0.3 is 0 Å². The molecule has 3 aromatic rings. The van der Waals surface area contributed by atoms with Gasteiger partial charge in [0, 0.05) is 12.6 Å². The maximum atomic E-state index is 12.3. The van der Waals surface area contributed by atoms with E-state index in [9.17, 15) is 4.79 Å². The third kappa shape index (κ3) is 4.49. The Morgan fingerprint density at radius 2 is 1.82 bits per heavy atom. The van der Waals surface area contributed by atoms with Gasteiger partial charge < -0.3 is 19.2 Å². The Bertz CT molecular complexity index is 964. The summed E-state index contributed by atoms with van der Waals surface area (Å²) in [6, 6.07) is 7.32. The van der Waals surface area contributed by atoms with Crippen molar-refractivity contribution in [3.8, 4) is 11.5 Å². The van der Waals surface area contributed by atoms with Crippen LogP contribution < -0.4 is 14.8 Å². The van der Waals surface area contributed by atoms with E-state index in [0.717, 1.165) is 16.8 Å². The van der Waals surface area contributed by atoms with E-state index in [0.29, 0.717) is 29.4 Å². The van der Waals surface area contributed by atoms with E-state index >= 15 is 0 Å². The fraction of sp³-hybridized carbons (Fsp3) is 0.286. The first-order chi connectivity index (χ1) is 13.5. The van der Waals surface area contributed by atoms with Crippen LogP contribution in [-0.2, 0) is 13.0 Å². The maximum absolute atomic E-state index is 12.3. The van der Waals surface area contributed by atoms with Crippen LogP contribution in [0.1, 0.15) is 38.8 Å². The van der Waals surface area contributed by atoms with E-state index in [1.165, 1.54) is 0 Å². The number of aryl methyl sites for hydroxylation is 2. The lowest BCUT2D eigenvalue weighted by Gasteiger charge is -2.12. The molecule has 0 spiro atoms.